The highest BCUT2D eigenvalue weighted by atomic mass is 35.5. The van der Waals surface area contributed by atoms with E-state index in [9.17, 15) is 0 Å². The molecule has 3 rings (SSSR count). The number of halogens is 1. The number of nitrogens with zero attached hydrogens (tertiary/aromatic N) is 3. The summed E-state index contributed by atoms with van der Waals surface area (Å²) in [5.41, 5.74) is 4.92. The van der Waals surface area contributed by atoms with E-state index in [0.29, 0.717) is 22.3 Å². The number of aryl methyl sites for hydroxylation is 2. The molecule has 0 amide bonds. The van der Waals surface area contributed by atoms with E-state index < -0.39 is 0 Å². The minimum absolute atomic E-state index is 0.456. The molecule has 2 aromatic heterocycles. The van der Waals surface area contributed by atoms with Crippen molar-refractivity contribution in [2.45, 2.75) is 13.8 Å². The van der Waals surface area contributed by atoms with Gasteiger partial charge in [0.2, 0.25) is 0 Å². The summed E-state index contributed by atoms with van der Waals surface area (Å²) < 4.78 is 10.5. The molecule has 8 heteroatoms. The standard InChI is InChI=1S/C17H17ClN4O2S/c1-9-10(2)25-17-14(9)16(19-8-20-17)22-21-7-11-5-12(18)15(24-4)13(6-11)23-3/h5-8H,1-4H3,(H,19,20,22)/b21-7-. The average Bonchev–Trinajstić information content (AvgIpc) is 2.89. The highest BCUT2D eigenvalue weighted by Gasteiger charge is 2.12. The third-order valence-electron chi connectivity index (χ3n) is 3.81. The van der Waals surface area contributed by atoms with E-state index in [0.717, 1.165) is 21.3 Å². The van der Waals surface area contributed by atoms with Crippen molar-refractivity contribution in [2.75, 3.05) is 19.6 Å². The zero-order chi connectivity index (χ0) is 18.0. The predicted octanol–water partition coefficient (Wildman–Crippen LogP) is 4.42. The van der Waals surface area contributed by atoms with Crippen molar-refractivity contribution < 1.29 is 9.47 Å². The van der Waals surface area contributed by atoms with Gasteiger partial charge in [0, 0.05) is 4.88 Å². The number of fused-ring (bicyclic) bond motifs is 1. The zero-order valence-corrected chi connectivity index (χ0v) is 15.8. The summed E-state index contributed by atoms with van der Waals surface area (Å²) in [6.45, 7) is 4.13. The van der Waals surface area contributed by atoms with Gasteiger partial charge < -0.3 is 9.47 Å². The number of anilines is 1. The Labute approximate surface area is 154 Å². The monoisotopic (exact) mass is 376 g/mol. The van der Waals surface area contributed by atoms with Crippen molar-refractivity contribution in [1.29, 1.82) is 0 Å². The molecule has 2 heterocycles. The normalized spacial score (nSPS) is 11.2. The van der Waals surface area contributed by atoms with Crippen LogP contribution in [0.5, 0.6) is 11.5 Å². The minimum Gasteiger partial charge on any atom is -0.493 e. The van der Waals surface area contributed by atoms with Crippen LogP contribution in [0.2, 0.25) is 5.02 Å². The first kappa shape index (κ1) is 17.4. The highest BCUT2D eigenvalue weighted by molar-refractivity contribution is 7.18. The van der Waals surface area contributed by atoms with Gasteiger partial charge >= 0.3 is 0 Å². The first-order valence-corrected chi connectivity index (χ1v) is 8.66. The first-order chi connectivity index (χ1) is 12.0. The van der Waals surface area contributed by atoms with Crippen LogP contribution < -0.4 is 14.9 Å². The van der Waals surface area contributed by atoms with E-state index in [4.69, 9.17) is 21.1 Å². The molecule has 0 saturated heterocycles. The molecular formula is C17H17ClN4O2S. The number of thiophene rings is 1. The molecule has 0 unspecified atom stereocenters. The largest absolute Gasteiger partial charge is 0.493 e. The summed E-state index contributed by atoms with van der Waals surface area (Å²) in [6.07, 6.45) is 3.18. The number of methoxy groups -OCH3 is 2. The van der Waals surface area contributed by atoms with E-state index in [1.807, 2.05) is 0 Å². The van der Waals surface area contributed by atoms with E-state index in [-0.39, 0.29) is 0 Å². The van der Waals surface area contributed by atoms with Crippen molar-refractivity contribution >= 4 is 45.2 Å². The fourth-order valence-corrected chi connectivity index (χ4v) is 3.74. The lowest BCUT2D eigenvalue weighted by Gasteiger charge is -2.10. The first-order valence-electron chi connectivity index (χ1n) is 7.46. The molecule has 1 N–H and O–H groups in total. The molecule has 3 aromatic rings. The van der Waals surface area contributed by atoms with Gasteiger partial charge in [0.15, 0.2) is 17.3 Å². The van der Waals surface area contributed by atoms with Gasteiger partial charge in [-0.15, -0.1) is 11.3 Å². The van der Waals surface area contributed by atoms with Crippen molar-refractivity contribution in [3.8, 4) is 11.5 Å². The van der Waals surface area contributed by atoms with E-state index in [1.165, 1.54) is 11.2 Å². The second-order valence-corrected chi connectivity index (χ2v) is 6.90. The maximum Gasteiger partial charge on any atom is 0.179 e. The quantitative estimate of drug-likeness (QED) is 0.527. The maximum absolute atomic E-state index is 6.20. The lowest BCUT2D eigenvalue weighted by molar-refractivity contribution is 0.355. The molecule has 0 radical (unpaired) electrons. The van der Waals surface area contributed by atoms with Gasteiger partial charge in [-0.1, -0.05) is 11.6 Å². The summed E-state index contributed by atoms with van der Waals surface area (Å²) in [4.78, 5) is 10.8. The van der Waals surface area contributed by atoms with Crippen molar-refractivity contribution in [1.82, 2.24) is 9.97 Å². The smallest absolute Gasteiger partial charge is 0.179 e. The van der Waals surface area contributed by atoms with Crippen molar-refractivity contribution in [3.05, 3.63) is 39.5 Å². The Balaban J connectivity index is 1.88. The molecule has 130 valence electrons. The molecular weight excluding hydrogens is 360 g/mol. The Hall–Kier alpha value is -2.38. The molecule has 0 aliphatic heterocycles. The molecule has 0 bridgehead atoms. The molecule has 0 atom stereocenters. The Morgan fingerprint density at radius 3 is 2.72 bits per heavy atom. The summed E-state index contributed by atoms with van der Waals surface area (Å²) in [5.74, 6) is 1.72. The number of nitrogens with one attached hydrogen (secondary N) is 1. The molecule has 6 nitrogen and oxygen atoms in total. The van der Waals surface area contributed by atoms with Crippen molar-refractivity contribution in [2.24, 2.45) is 5.10 Å². The van der Waals surface area contributed by atoms with Gasteiger partial charge in [-0.05, 0) is 37.1 Å². The van der Waals surface area contributed by atoms with E-state index in [1.54, 1.807) is 43.9 Å². The maximum atomic E-state index is 6.20. The Bertz CT molecular complexity index is 955. The number of ether oxygens (including phenoxy) is 2. The van der Waals surface area contributed by atoms with Crippen LogP contribution in [0.25, 0.3) is 10.2 Å². The zero-order valence-electron chi connectivity index (χ0n) is 14.3. The van der Waals surface area contributed by atoms with Crippen molar-refractivity contribution in [3.63, 3.8) is 0 Å². The van der Waals surface area contributed by atoms with Gasteiger partial charge in [-0.3, -0.25) is 5.43 Å². The van der Waals surface area contributed by atoms with Crippen LogP contribution in [-0.4, -0.2) is 30.4 Å². The van der Waals surface area contributed by atoms with E-state index in [2.05, 4.69) is 34.3 Å². The number of benzene rings is 1. The number of hydrogen-bond donors (Lipinski definition) is 1. The van der Waals surface area contributed by atoms with Gasteiger partial charge in [0.25, 0.3) is 0 Å². The van der Waals surface area contributed by atoms with Gasteiger partial charge in [-0.25, -0.2) is 9.97 Å². The van der Waals surface area contributed by atoms with Crippen LogP contribution in [0.3, 0.4) is 0 Å². The fraction of sp³-hybridized carbons (Fsp3) is 0.235. The van der Waals surface area contributed by atoms with Crippen LogP contribution in [0.1, 0.15) is 16.0 Å². The lowest BCUT2D eigenvalue weighted by atomic mass is 10.2. The van der Waals surface area contributed by atoms with Gasteiger partial charge in [-0.2, -0.15) is 5.10 Å². The van der Waals surface area contributed by atoms with Crippen LogP contribution in [0, 0.1) is 13.8 Å². The highest BCUT2D eigenvalue weighted by Crippen LogP contribution is 2.36. The number of hydrogen-bond acceptors (Lipinski definition) is 7. The molecule has 0 spiro atoms. The second kappa shape index (κ2) is 7.25. The Morgan fingerprint density at radius 2 is 2.00 bits per heavy atom. The van der Waals surface area contributed by atoms with Crippen LogP contribution in [-0.2, 0) is 0 Å². The topological polar surface area (TPSA) is 68.6 Å². The predicted molar refractivity (Wildman–Crippen MR) is 103 cm³/mol. The minimum atomic E-state index is 0.456. The van der Waals surface area contributed by atoms with Gasteiger partial charge in [0.1, 0.15) is 11.2 Å². The van der Waals surface area contributed by atoms with Crippen LogP contribution in [0.4, 0.5) is 5.82 Å². The van der Waals surface area contributed by atoms with Gasteiger partial charge in [0.05, 0.1) is 30.8 Å². The molecule has 0 aliphatic rings. The molecule has 1 aromatic carbocycles. The van der Waals surface area contributed by atoms with Crippen LogP contribution in [0.15, 0.2) is 23.6 Å². The number of hydrazone groups is 1. The third kappa shape index (κ3) is 3.38. The summed E-state index contributed by atoms with van der Waals surface area (Å²) in [6, 6.07) is 3.55. The number of aromatic nitrogens is 2. The van der Waals surface area contributed by atoms with E-state index >= 15 is 0 Å². The third-order valence-corrected chi connectivity index (χ3v) is 5.20. The Morgan fingerprint density at radius 1 is 1.20 bits per heavy atom. The fourth-order valence-electron chi connectivity index (χ4n) is 2.45. The molecule has 25 heavy (non-hydrogen) atoms. The summed E-state index contributed by atoms with van der Waals surface area (Å²) in [5, 5.41) is 5.72. The SMILES string of the molecule is COc1cc(/C=N\Nc2ncnc3sc(C)c(C)c23)cc(Cl)c1OC. The molecule has 0 saturated carbocycles. The number of rotatable bonds is 5. The molecule has 0 fully saturated rings. The summed E-state index contributed by atoms with van der Waals surface area (Å²) in [7, 11) is 3.11. The Kier molecular flexibility index (Phi) is 5.06. The summed E-state index contributed by atoms with van der Waals surface area (Å²) >= 11 is 7.85. The average molecular weight is 377 g/mol. The second-order valence-electron chi connectivity index (χ2n) is 5.29. The molecule has 0 aliphatic carbocycles. The lowest BCUT2D eigenvalue weighted by Crippen LogP contribution is -1.97. The van der Waals surface area contributed by atoms with Crippen LogP contribution >= 0.6 is 22.9 Å².